The van der Waals surface area contributed by atoms with Crippen LogP contribution in [0.1, 0.15) is 22.7 Å². The lowest BCUT2D eigenvalue weighted by molar-refractivity contribution is 0.131. The van der Waals surface area contributed by atoms with Crippen molar-refractivity contribution < 1.29 is 9.13 Å². The summed E-state index contributed by atoms with van der Waals surface area (Å²) in [5, 5.41) is 0.453. The summed E-state index contributed by atoms with van der Waals surface area (Å²) in [5.74, 6) is -0.295. The molecule has 0 spiro atoms. The maximum Gasteiger partial charge on any atom is 0.127 e. The van der Waals surface area contributed by atoms with Gasteiger partial charge in [0, 0.05) is 5.02 Å². The lowest BCUT2D eigenvalue weighted by Crippen LogP contribution is -2.18. The maximum atomic E-state index is 13.5. The summed E-state index contributed by atoms with van der Waals surface area (Å²) in [6.45, 7) is 2.74. The van der Waals surface area contributed by atoms with Gasteiger partial charge >= 0.3 is 0 Å². The number of hydrogen-bond acceptors (Lipinski definition) is 2. The van der Waals surface area contributed by atoms with Crippen molar-refractivity contribution in [3.8, 4) is 0 Å². The second-order valence-electron chi connectivity index (χ2n) is 3.79. The number of hydrogen-bond donors (Lipinski definition) is 1. The van der Waals surface area contributed by atoms with Gasteiger partial charge in [0.1, 0.15) is 5.82 Å². The van der Waals surface area contributed by atoms with E-state index in [1.165, 1.54) is 6.07 Å². The van der Waals surface area contributed by atoms with Crippen LogP contribution in [0.5, 0.6) is 0 Å². The molecular weight excluding hydrogens is 217 g/mol. The van der Waals surface area contributed by atoms with Crippen molar-refractivity contribution in [2.75, 3.05) is 13.2 Å². The highest BCUT2D eigenvalue weighted by Gasteiger charge is 2.22. The average Bonchev–Trinajstić information content (AvgIpc) is 2.37. The van der Waals surface area contributed by atoms with Crippen LogP contribution in [0.2, 0.25) is 5.02 Å². The molecule has 0 amide bonds. The van der Waals surface area contributed by atoms with Crippen LogP contribution < -0.4 is 5.73 Å². The molecule has 1 aliphatic rings. The zero-order chi connectivity index (χ0) is 11.0. The maximum absolute atomic E-state index is 13.5. The van der Waals surface area contributed by atoms with Crippen LogP contribution in [0.3, 0.4) is 0 Å². The zero-order valence-electron chi connectivity index (χ0n) is 8.52. The van der Waals surface area contributed by atoms with E-state index in [4.69, 9.17) is 22.1 Å². The molecule has 0 bridgehead atoms. The molecule has 4 heteroatoms. The van der Waals surface area contributed by atoms with E-state index < -0.39 is 0 Å². The fraction of sp³-hybridized carbons (Fsp3) is 0.455. The Hall–Kier alpha value is -0.640. The van der Waals surface area contributed by atoms with Crippen molar-refractivity contribution in [3.63, 3.8) is 0 Å². The molecule has 0 aromatic heterocycles. The zero-order valence-corrected chi connectivity index (χ0v) is 9.27. The highest BCUT2D eigenvalue weighted by atomic mass is 35.5. The largest absolute Gasteiger partial charge is 0.379 e. The first-order valence-electron chi connectivity index (χ1n) is 4.92. The molecule has 1 aromatic carbocycles. The molecule has 1 atom stereocenters. The summed E-state index contributed by atoms with van der Waals surface area (Å²) in [4.78, 5) is 0. The first-order valence-corrected chi connectivity index (χ1v) is 5.29. The number of fused-ring (bicyclic) bond motifs is 1. The Kier molecular flexibility index (Phi) is 2.96. The summed E-state index contributed by atoms with van der Waals surface area (Å²) in [6, 6.07) is 1.07. The van der Waals surface area contributed by atoms with E-state index in [0.29, 0.717) is 30.2 Å². The quantitative estimate of drug-likeness (QED) is 0.741. The number of benzene rings is 1. The lowest BCUT2D eigenvalue weighted by atomic mass is 9.94. The SMILES string of the molecule is Cc1c(F)cc(Cl)c2c1C(N)COCC2. The lowest BCUT2D eigenvalue weighted by Gasteiger charge is -2.16. The van der Waals surface area contributed by atoms with Gasteiger partial charge in [-0.2, -0.15) is 0 Å². The second-order valence-corrected chi connectivity index (χ2v) is 4.20. The van der Waals surface area contributed by atoms with Gasteiger partial charge in [0.2, 0.25) is 0 Å². The molecule has 1 heterocycles. The van der Waals surface area contributed by atoms with Crippen LogP contribution in [0.4, 0.5) is 4.39 Å². The Bertz CT molecular complexity index is 395. The first-order chi connectivity index (χ1) is 7.11. The van der Waals surface area contributed by atoms with Gasteiger partial charge in [0.25, 0.3) is 0 Å². The van der Waals surface area contributed by atoms with Gasteiger partial charge in [0.05, 0.1) is 19.3 Å². The van der Waals surface area contributed by atoms with Crippen molar-refractivity contribution in [2.24, 2.45) is 5.73 Å². The third-order valence-electron chi connectivity index (χ3n) is 2.79. The third-order valence-corrected chi connectivity index (χ3v) is 3.13. The summed E-state index contributed by atoms with van der Waals surface area (Å²) in [5.41, 5.74) is 8.27. The van der Waals surface area contributed by atoms with Crippen LogP contribution in [0.25, 0.3) is 0 Å². The third kappa shape index (κ3) is 1.87. The first kappa shape index (κ1) is 10.9. The van der Waals surface area contributed by atoms with Gasteiger partial charge in [-0.25, -0.2) is 4.39 Å². The van der Waals surface area contributed by atoms with E-state index in [0.717, 1.165) is 11.1 Å². The molecule has 0 saturated heterocycles. The predicted molar refractivity (Wildman–Crippen MR) is 57.6 cm³/mol. The molecule has 1 aliphatic heterocycles. The van der Waals surface area contributed by atoms with Crippen molar-refractivity contribution in [3.05, 3.63) is 33.6 Å². The molecule has 1 aromatic rings. The topological polar surface area (TPSA) is 35.2 Å². The van der Waals surface area contributed by atoms with Crippen molar-refractivity contribution in [1.29, 1.82) is 0 Å². The fourth-order valence-corrected chi connectivity index (χ4v) is 2.31. The molecule has 0 fully saturated rings. The monoisotopic (exact) mass is 229 g/mol. The van der Waals surface area contributed by atoms with Crippen LogP contribution in [-0.4, -0.2) is 13.2 Å². The normalized spacial score (nSPS) is 20.9. The van der Waals surface area contributed by atoms with Gasteiger partial charge in [-0.05, 0) is 36.1 Å². The molecule has 82 valence electrons. The van der Waals surface area contributed by atoms with Gasteiger partial charge < -0.3 is 10.5 Å². The Labute approximate surface area is 93.2 Å². The highest BCUT2D eigenvalue weighted by Crippen LogP contribution is 2.31. The fourth-order valence-electron chi connectivity index (χ4n) is 2.01. The van der Waals surface area contributed by atoms with E-state index >= 15 is 0 Å². The minimum Gasteiger partial charge on any atom is -0.379 e. The molecule has 2 rings (SSSR count). The van der Waals surface area contributed by atoms with E-state index in [2.05, 4.69) is 0 Å². The van der Waals surface area contributed by atoms with E-state index in [1.807, 2.05) is 0 Å². The number of halogens is 2. The number of rotatable bonds is 0. The van der Waals surface area contributed by atoms with E-state index in [1.54, 1.807) is 6.92 Å². The Morgan fingerprint density at radius 1 is 1.60 bits per heavy atom. The molecular formula is C11H13ClFNO. The minimum absolute atomic E-state index is 0.282. The summed E-state index contributed by atoms with van der Waals surface area (Å²) < 4.78 is 18.8. The van der Waals surface area contributed by atoms with Gasteiger partial charge in [0.15, 0.2) is 0 Å². The predicted octanol–water partition coefficient (Wildman–Crippen LogP) is 2.36. The standard InChI is InChI=1S/C11H13ClFNO/c1-6-9(13)4-8(12)7-2-3-15-5-10(14)11(6)7/h4,10H,2-3,5,14H2,1H3. The number of ether oxygens (including phenoxy) is 1. The second kappa shape index (κ2) is 4.08. The average molecular weight is 230 g/mol. The van der Waals surface area contributed by atoms with Gasteiger partial charge in [-0.3, -0.25) is 0 Å². The van der Waals surface area contributed by atoms with Crippen molar-refractivity contribution >= 4 is 11.6 Å². The van der Waals surface area contributed by atoms with Crippen LogP contribution in [0.15, 0.2) is 6.07 Å². The van der Waals surface area contributed by atoms with Crippen LogP contribution in [-0.2, 0) is 11.2 Å². The van der Waals surface area contributed by atoms with Gasteiger partial charge in [-0.15, -0.1) is 0 Å². The number of nitrogens with two attached hydrogens (primary N) is 1. The van der Waals surface area contributed by atoms with Gasteiger partial charge in [-0.1, -0.05) is 11.6 Å². The highest BCUT2D eigenvalue weighted by molar-refractivity contribution is 6.31. The Balaban J connectivity index is 2.63. The Morgan fingerprint density at radius 3 is 3.07 bits per heavy atom. The summed E-state index contributed by atoms with van der Waals surface area (Å²) >= 11 is 6.01. The Morgan fingerprint density at radius 2 is 2.33 bits per heavy atom. The molecule has 0 aliphatic carbocycles. The van der Waals surface area contributed by atoms with E-state index in [9.17, 15) is 4.39 Å². The molecule has 15 heavy (non-hydrogen) atoms. The molecule has 1 unspecified atom stereocenters. The molecule has 2 nitrogen and oxygen atoms in total. The van der Waals surface area contributed by atoms with E-state index in [-0.39, 0.29) is 11.9 Å². The van der Waals surface area contributed by atoms with Crippen molar-refractivity contribution in [1.82, 2.24) is 0 Å². The summed E-state index contributed by atoms with van der Waals surface area (Å²) in [7, 11) is 0. The van der Waals surface area contributed by atoms with Crippen LogP contribution in [0, 0.1) is 12.7 Å². The van der Waals surface area contributed by atoms with Crippen LogP contribution >= 0.6 is 11.6 Å². The summed E-state index contributed by atoms with van der Waals surface area (Å²) in [6.07, 6.45) is 0.697. The molecule has 2 N–H and O–H groups in total. The van der Waals surface area contributed by atoms with Crippen molar-refractivity contribution in [2.45, 2.75) is 19.4 Å². The molecule has 0 radical (unpaired) electrons. The minimum atomic E-state index is -0.295. The smallest absolute Gasteiger partial charge is 0.127 e. The molecule has 0 saturated carbocycles.